The highest BCUT2D eigenvalue weighted by Crippen LogP contribution is 2.17. The van der Waals surface area contributed by atoms with Crippen LogP contribution >= 0.6 is 0 Å². The first-order chi connectivity index (χ1) is 7.60. The molecule has 2 N–H and O–H groups in total. The third-order valence-corrected chi connectivity index (χ3v) is 3.15. The van der Waals surface area contributed by atoms with Crippen molar-refractivity contribution in [2.24, 2.45) is 0 Å². The first kappa shape index (κ1) is 13.0. The van der Waals surface area contributed by atoms with Crippen molar-refractivity contribution < 1.29 is 14.7 Å². The van der Waals surface area contributed by atoms with Crippen molar-refractivity contribution >= 4 is 11.9 Å². The summed E-state index contributed by atoms with van der Waals surface area (Å²) in [7, 11) is 0. The second-order valence-electron chi connectivity index (χ2n) is 4.11. The maximum atomic E-state index is 11.7. The van der Waals surface area contributed by atoms with Gasteiger partial charge in [-0.15, -0.1) is 0 Å². The van der Waals surface area contributed by atoms with E-state index in [1.54, 1.807) is 0 Å². The molecule has 0 aromatic rings. The molecule has 5 nitrogen and oxygen atoms in total. The maximum absolute atomic E-state index is 11.7. The Bertz CT molecular complexity index is 264. The fraction of sp³-hybridized carbons (Fsp3) is 0.818. The SMILES string of the molecule is CCC(CC)N1CCNC(=O)C1CC(=O)O. The lowest BCUT2D eigenvalue weighted by atomic mass is 10.0. The van der Waals surface area contributed by atoms with Crippen LogP contribution in [0.25, 0.3) is 0 Å². The number of hydrogen-bond acceptors (Lipinski definition) is 3. The molecule has 0 radical (unpaired) electrons. The molecule has 1 rings (SSSR count). The van der Waals surface area contributed by atoms with Crippen LogP contribution in [0.5, 0.6) is 0 Å². The Morgan fingerprint density at radius 3 is 2.69 bits per heavy atom. The molecule has 0 aromatic carbocycles. The third-order valence-electron chi connectivity index (χ3n) is 3.15. The average Bonchev–Trinajstić information content (AvgIpc) is 2.24. The fourth-order valence-electron chi connectivity index (χ4n) is 2.30. The minimum Gasteiger partial charge on any atom is -0.481 e. The summed E-state index contributed by atoms with van der Waals surface area (Å²) in [5.74, 6) is -1.07. The van der Waals surface area contributed by atoms with Gasteiger partial charge >= 0.3 is 5.97 Å². The van der Waals surface area contributed by atoms with Crippen LogP contribution in [0.2, 0.25) is 0 Å². The zero-order chi connectivity index (χ0) is 12.1. The lowest BCUT2D eigenvalue weighted by Gasteiger charge is -2.39. The summed E-state index contributed by atoms with van der Waals surface area (Å²) in [5, 5.41) is 11.5. The Hall–Kier alpha value is -1.10. The van der Waals surface area contributed by atoms with E-state index >= 15 is 0 Å². The number of rotatable bonds is 5. The second kappa shape index (κ2) is 5.84. The van der Waals surface area contributed by atoms with E-state index in [1.807, 2.05) is 4.90 Å². The van der Waals surface area contributed by atoms with Gasteiger partial charge in [0.2, 0.25) is 5.91 Å². The zero-order valence-corrected chi connectivity index (χ0v) is 9.90. The number of carboxylic acids is 1. The van der Waals surface area contributed by atoms with Gasteiger partial charge in [-0.1, -0.05) is 13.8 Å². The molecule has 92 valence electrons. The molecule has 0 aromatic heterocycles. The van der Waals surface area contributed by atoms with Gasteiger partial charge in [-0.05, 0) is 12.8 Å². The van der Waals surface area contributed by atoms with Crippen LogP contribution in [0.3, 0.4) is 0 Å². The summed E-state index contributed by atoms with van der Waals surface area (Å²) < 4.78 is 0. The highest BCUT2D eigenvalue weighted by atomic mass is 16.4. The molecule has 16 heavy (non-hydrogen) atoms. The first-order valence-corrected chi connectivity index (χ1v) is 5.85. The molecule has 1 heterocycles. The molecule has 1 aliphatic heterocycles. The van der Waals surface area contributed by atoms with Crippen molar-refractivity contribution in [2.45, 2.75) is 45.2 Å². The van der Waals surface area contributed by atoms with E-state index in [4.69, 9.17) is 5.11 Å². The van der Waals surface area contributed by atoms with E-state index in [2.05, 4.69) is 19.2 Å². The summed E-state index contributed by atoms with van der Waals surface area (Å²) in [6.07, 6.45) is 1.78. The fourth-order valence-corrected chi connectivity index (χ4v) is 2.30. The third kappa shape index (κ3) is 2.95. The molecule has 0 aliphatic carbocycles. The molecule has 1 unspecified atom stereocenters. The average molecular weight is 228 g/mol. The van der Waals surface area contributed by atoms with Crippen molar-refractivity contribution in [1.82, 2.24) is 10.2 Å². The smallest absolute Gasteiger partial charge is 0.305 e. The number of aliphatic carboxylic acids is 1. The molecule has 1 atom stereocenters. The molecule has 0 spiro atoms. The van der Waals surface area contributed by atoms with Gasteiger partial charge in [0.05, 0.1) is 12.5 Å². The molecule has 0 saturated carbocycles. The zero-order valence-electron chi connectivity index (χ0n) is 9.90. The molecule has 1 amide bonds. The van der Waals surface area contributed by atoms with Gasteiger partial charge in [0.15, 0.2) is 0 Å². The van der Waals surface area contributed by atoms with Crippen LogP contribution in [-0.4, -0.2) is 47.1 Å². The molecule has 1 saturated heterocycles. The predicted molar refractivity (Wildman–Crippen MR) is 60.1 cm³/mol. The topological polar surface area (TPSA) is 69.6 Å². The first-order valence-electron chi connectivity index (χ1n) is 5.85. The number of piperazine rings is 1. The van der Waals surface area contributed by atoms with E-state index < -0.39 is 12.0 Å². The number of nitrogens with one attached hydrogen (secondary N) is 1. The Morgan fingerprint density at radius 2 is 2.19 bits per heavy atom. The molecular weight excluding hydrogens is 208 g/mol. The van der Waals surface area contributed by atoms with Crippen LogP contribution in [-0.2, 0) is 9.59 Å². The number of nitrogens with zero attached hydrogens (tertiary/aromatic N) is 1. The number of hydrogen-bond donors (Lipinski definition) is 2. The van der Waals surface area contributed by atoms with E-state index in [9.17, 15) is 9.59 Å². The minimum absolute atomic E-state index is 0.109. The minimum atomic E-state index is -0.919. The molecule has 1 aliphatic rings. The van der Waals surface area contributed by atoms with E-state index in [0.29, 0.717) is 12.6 Å². The van der Waals surface area contributed by atoms with Crippen LogP contribution in [0, 0.1) is 0 Å². The lowest BCUT2D eigenvalue weighted by molar-refractivity contribution is -0.144. The molecule has 5 heteroatoms. The van der Waals surface area contributed by atoms with Gasteiger partial charge in [0, 0.05) is 19.1 Å². The van der Waals surface area contributed by atoms with Gasteiger partial charge < -0.3 is 10.4 Å². The van der Waals surface area contributed by atoms with Crippen LogP contribution in [0.1, 0.15) is 33.1 Å². The second-order valence-corrected chi connectivity index (χ2v) is 4.11. The van der Waals surface area contributed by atoms with E-state index in [1.165, 1.54) is 0 Å². The lowest BCUT2D eigenvalue weighted by Crippen LogP contribution is -2.58. The van der Waals surface area contributed by atoms with Crippen molar-refractivity contribution in [3.63, 3.8) is 0 Å². The number of carbonyl (C=O) groups is 2. The van der Waals surface area contributed by atoms with E-state index in [0.717, 1.165) is 19.4 Å². The summed E-state index contributed by atoms with van der Waals surface area (Å²) in [4.78, 5) is 24.4. The number of carboxylic acid groups (broad SMARTS) is 1. The predicted octanol–water partition coefficient (Wildman–Crippen LogP) is 0.450. The van der Waals surface area contributed by atoms with Gasteiger partial charge in [0.1, 0.15) is 0 Å². The molecular formula is C11H20N2O3. The Kier molecular flexibility index (Phi) is 4.73. The largest absolute Gasteiger partial charge is 0.481 e. The quantitative estimate of drug-likeness (QED) is 0.717. The highest BCUT2D eigenvalue weighted by molar-refractivity contribution is 5.86. The summed E-state index contributed by atoms with van der Waals surface area (Å²) in [6.45, 7) is 5.50. The van der Waals surface area contributed by atoms with Crippen molar-refractivity contribution in [1.29, 1.82) is 0 Å². The summed E-state index contributed by atoms with van der Waals surface area (Å²) >= 11 is 0. The standard InChI is InChI=1S/C11H20N2O3/c1-3-8(4-2)13-6-5-12-11(16)9(13)7-10(14)15/h8-9H,3-7H2,1-2H3,(H,12,16)(H,14,15). The van der Waals surface area contributed by atoms with Crippen molar-refractivity contribution in [3.05, 3.63) is 0 Å². The maximum Gasteiger partial charge on any atom is 0.305 e. The Balaban J connectivity index is 2.76. The molecule has 0 bridgehead atoms. The van der Waals surface area contributed by atoms with Crippen molar-refractivity contribution in [2.75, 3.05) is 13.1 Å². The van der Waals surface area contributed by atoms with Crippen molar-refractivity contribution in [3.8, 4) is 0 Å². The van der Waals surface area contributed by atoms with Gasteiger partial charge in [0.25, 0.3) is 0 Å². The molecule has 1 fully saturated rings. The van der Waals surface area contributed by atoms with Gasteiger partial charge in [-0.25, -0.2) is 0 Å². The van der Waals surface area contributed by atoms with Crippen LogP contribution < -0.4 is 5.32 Å². The number of carbonyl (C=O) groups excluding carboxylic acids is 1. The van der Waals surface area contributed by atoms with Crippen LogP contribution in [0.15, 0.2) is 0 Å². The van der Waals surface area contributed by atoms with Gasteiger partial charge in [-0.3, -0.25) is 14.5 Å². The van der Waals surface area contributed by atoms with E-state index in [-0.39, 0.29) is 12.3 Å². The monoisotopic (exact) mass is 228 g/mol. The number of amides is 1. The summed E-state index contributed by atoms with van der Waals surface area (Å²) in [6, 6.07) is -0.202. The van der Waals surface area contributed by atoms with Crippen LogP contribution in [0.4, 0.5) is 0 Å². The Labute approximate surface area is 95.8 Å². The summed E-state index contributed by atoms with van der Waals surface area (Å²) in [5.41, 5.74) is 0. The van der Waals surface area contributed by atoms with Gasteiger partial charge in [-0.2, -0.15) is 0 Å². The Morgan fingerprint density at radius 1 is 1.56 bits per heavy atom. The normalized spacial score (nSPS) is 22.2. The highest BCUT2D eigenvalue weighted by Gasteiger charge is 2.34.